The van der Waals surface area contributed by atoms with Crippen LogP contribution in [0.2, 0.25) is 0 Å². The smallest absolute Gasteiger partial charge is 0.223 e. The largest absolute Gasteiger partial charge is 0.352 e. The van der Waals surface area contributed by atoms with E-state index >= 15 is 0 Å². The highest BCUT2D eigenvalue weighted by atomic mass is 32.1. The fourth-order valence-corrected chi connectivity index (χ4v) is 5.13. The van der Waals surface area contributed by atoms with Gasteiger partial charge in [0.2, 0.25) is 5.95 Å². The molecule has 5 aromatic rings. The van der Waals surface area contributed by atoms with Gasteiger partial charge in [0.05, 0.1) is 23.8 Å². The van der Waals surface area contributed by atoms with E-state index in [0.717, 1.165) is 33.0 Å². The third kappa shape index (κ3) is 4.75. The van der Waals surface area contributed by atoms with Gasteiger partial charge in [-0.3, -0.25) is 4.68 Å². The van der Waals surface area contributed by atoms with Crippen molar-refractivity contribution in [3.63, 3.8) is 0 Å². The third-order valence-electron chi connectivity index (χ3n) is 5.58. The lowest BCUT2D eigenvalue weighted by atomic mass is 9.87. The summed E-state index contributed by atoms with van der Waals surface area (Å²) >= 11 is 1.40. The Morgan fingerprint density at radius 1 is 1.11 bits per heavy atom. The number of benzene rings is 2. The second-order valence-corrected chi connectivity index (χ2v) is 9.78. The minimum Gasteiger partial charge on any atom is -0.352 e. The Morgan fingerprint density at radius 2 is 1.97 bits per heavy atom. The summed E-state index contributed by atoms with van der Waals surface area (Å²) in [6, 6.07) is 12.3. The van der Waals surface area contributed by atoms with E-state index in [0.29, 0.717) is 23.9 Å². The average molecular weight is 492 g/mol. The first-order valence-electron chi connectivity index (χ1n) is 11.0. The molecule has 5 rings (SSSR count). The van der Waals surface area contributed by atoms with Crippen molar-refractivity contribution in [3.05, 3.63) is 78.3 Å². The van der Waals surface area contributed by atoms with Crippen molar-refractivity contribution in [1.82, 2.24) is 25.0 Å². The maximum atomic E-state index is 14.8. The third-order valence-corrected chi connectivity index (χ3v) is 6.77. The molecule has 2 aromatic carbocycles. The SMILES string of the molecule is CC(C)(N)c1ccc(F)cc1-c1cccc2cc(-c3nc(NCCn4ccnn4)ncc3F)sc12. The molecular weight excluding hydrogens is 468 g/mol. The number of nitrogens with two attached hydrogens (primary N) is 1. The molecule has 0 amide bonds. The monoisotopic (exact) mass is 491 g/mol. The molecule has 0 aliphatic carbocycles. The summed E-state index contributed by atoms with van der Waals surface area (Å²) in [6.45, 7) is 4.84. The highest BCUT2D eigenvalue weighted by Crippen LogP contribution is 2.41. The summed E-state index contributed by atoms with van der Waals surface area (Å²) in [6.07, 6.45) is 4.51. The van der Waals surface area contributed by atoms with Crippen molar-refractivity contribution in [3.8, 4) is 21.7 Å². The Morgan fingerprint density at radius 3 is 2.74 bits per heavy atom. The molecule has 0 radical (unpaired) electrons. The van der Waals surface area contributed by atoms with Crippen molar-refractivity contribution in [2.45, 2.75) is 25.9 Å². The highest BCUT2D eigenvalue weighted by Gasteiger charge is 2.22. The summed E-state index contributed by atoms with van der Waals surface area (Å²) in [5, 5.41) is 11.7. The van der Waals surface area contributed by atoms with Gasteiger partial charge in [0, 0.05) is 23.0 Å². The number of nitrogens with zero attached hydrogens (tertiary/aromatic N) is 5. The molecule has 7 nitrogen and oxygen atoms in total. The molecule has 0 saturated carbocycles. The van der Waals surface area contributed by atoms with Gasteiger partial charge in [-0.15, -0.1) is 16.4 Å². The molecule has 0 aliphatic rings. The highest BCUT2D eigenvalue weighted by molar-refractivity contribution is 7.22. The Bertz CT molecular complexity index is 1490. The van der Waals surface area contributed by atoms with Crippen molar-refractivity contribution in [2.75, 3.05) is 11.9 Å². The number of halogens is 2. The normalized spacial score (nSPS) is 11.8. The number of hydrogen-bond donors (Lipinski definition) is 2. The van der Waals surface area contributed by atoms with Gasteiger partial charge < -0.3 is 11.1 Å². The van der Waals surface area contributed by atoms with Crippen LogP contribution < -0.4 is 11.1 Å². The summed E-state index contributed by atoms with van der Waals surface area (Å²) in [5.74, 6) is -0.545. The van der Waals surface area contributed by atoms with Gasteiger partial charge >= 0.3 is 0 Å². The van der Waals surface area contributed by atoms with Crippen molar-refractivity contribution < 1.29 is 8.78 Å². The molecule has 0 aliphatic heterocycles. The van der Waals surface area contributed by atoms with Crippen LogP contribution in [0.5, 0.6) is 0 Å². The number of anilines is 1. The van der Waals surface area contributed by atoms with Gasteiger partial charge in [-0.25, -0.2) is 18.7 Å². The number of rotatable bonds is 7. The van der Waals surface area contributed by atoms with Crippen molar-refractivity contribution >= 4 is 27.4 Å². The van der Waals surface area contributed by atoms with Crippen LogP contribution in [0.4, 0.5) is 14.7 Å². The number of nitrogens with one attached hydrogen (secondary N) is 1. The van der Waals surface area contributed by atoms with Crippen LogP contribution >= 0.6 is 11.3 Å². The molecule has 0 unspecified atom stereocenters. The van der Waals surface area contributed by atoms with Gasteiger partial charge in [0.25, 0.3) is 0 Å². The van der Waals surface area contributed by atoms with Crippen LogP contribution in [0, 0.1) is 11.6 Å². The van der Waals surface area contributed by atoms with Gasteiger partial charge in [-0.2, -0.15) is 0 Å². The fraction of sp³-hybridized carbons (Fsp3) is 0.200. The van der Waals surface area contributed by atoms with Gasteiger partial charge in [0.1, 0.15) is 11.5 Å². The van der Waals surface area contributed by atoms with Crippen LogP contribution in [0.25, 0.3) is 31.8 Å². The Kier molecular flexibility index (Phi) is 6.00. The van der Waals surface area contributed by atoms with Crippen LogP contribution in [-0.2, 0) is 12.1 Å². The standard InChI is InChI=1S/C25H23F2N7S/c1-25(2,28)19-7-6-16(26)13-18(19)17-5-3-4-15-12-21(35-23(15)17)22-20(27)14-30-24(32-22)29-8-10-34-11-9-31-33-34/h3-7,9,11-14H,8,10,28H2,1-2H3,(H,29,30,32). The quantitative estimate of drug-likeness (QED) is 0.325. The van der Waals surface area contributed by atoms with Gasteiger partial charge in [0.15, 0.2) is 5.82 Å². The van der Waals surface area contributed by atoms with Crippen molar-refractivity contribution in [2.24, 2.45) is 5.73 Å². The first kappa shape index (κ1) is 23.0. The Balaban J connectivity index is 1.52. The maximum Gasteiger partial charge on any atom is 0.223 e. The lowest BCUT2D eigenvalue weighted by Gasteiger charge is -2.23. The molecule has 0 saturated heterocycles. The van der Waals surface area contributed by atoms with E-state index < -0.39 is 11.4 Å². The minimum absolute atomic E-state index is 0.203. The first-order valence-corrected chi connectivity index (χ1v) is 11.8. The lowest BCUT2D eigenvalue weighted by Crippen LogP contribution is -2.29. The van der Waals surface area contributed by atoms with E-state index in [2.05, 4.69) is 25.6 Å². The van der Waals surface area contributed by atoms with Crippen LogP contribution in [0.3, 0.4) is 0 Å². The van der Waals surface area contributed by atoms with E-state index in [4.69, 9.17) is 5.73 Å². The molecule has 178 valence electrons. The number of hydrogen-bond acceptors (Lipinski definition) is 7. The summed E-state index contributed by atoms with van der Waals surface area (Å²) < 4.78 is 31.6. The number of thiophene rings is 1. The van der Waals surface area contributed by atoms with E-state index in [9.17, 15) is 8.78 Å². The Hall–Kier alpha value is -3.76. The molecule has 0 spiro atoms. The zero-order chi connectivity index (χ0) is 24.6. The lowest BCUT2D eigenvalue weighted by molar-refractivity contribution is 0.552. The molecule has 35 heavy (non-hydrogen) atoms. The number of aromatic nitrogens is 5. The summed E-state index contributed by atoms with van der Waals surface area (Å²) in [7, 11) is 0. The van der Waals surface area contributed by atoms with E-state index in [1.54, 1.807) is 23.1 Å². The minimum atomic E-state index is -0.670. The summed E-state index contributed by atoms with van der Waals surface area (Å²) in [4.78, 5) is 9.12. The first-order chi connectivity index (χ1) is 16.8. The topological polar surface area (TPSA) is 94.5 Å². The molecule has 3 heterocycles. The predicted molar refractivity (Wildman–Crippen MR) is 134 cm³/mol. The van der Waals surface area contributed by atoms with E-state index in [-0.39, 0.29) is 11.5 Å². The van der Waals surface area contributed by atoms with Crippen molar-refractivity contribution in [1.29, 1.82) is 0 Å². The molecule has 0 fully saturated rings. The number of fused-ring (bicyclic) bond motifs is 1. The second kappa shape index (κ2) is 9.12. The molecule has 3 aromatic heterocycles. The fourth-order valence-electron chi connectivity index (χ4n) is 3.95. The Labute approximate surface area is 204 Å². The molecular formula is C25H23F2N7S. The van der Waals surface area contributed by atoms with Gasteiger partial charge in [-0.1, -0.05) is 29.5 Å². The zero-order valence-corrected chi connectivity index (χ0v) is 20.0. The molecule has 3 N–H and O–H groups in total. The zero-order valence-electron chi connectivity index (χ0n) is 19.2. The predicted octanol–water partition coefficient (Wildman–Crippen LogP) is 5.20. The second-order valence-electron chi connectivity index (χ2n) is 8.73. The maximum absolute atomic E-state index is 14.8. The van der Waals surface area contributed by atoms with Gasteiger partial charge in [-0.05, 0) is 54.1 Å². The van der Waals surface area contributed by atoms with Crippen LogP contribution in [0.1, 0.15) is 19.4 Å². The van der Waals surface area contributed by atoms with Crippen LogP contribution in [0.15, 0.2) is 61.1 Å². The molecule has 10 heteroatoms. The van der Waals surface area contributed by atoms with E-state index in [1.807, 2.05) is 38.1 Å². The van der Waals surface area contributed by atoms with Crippen LogP contribution in [-0.4, -0.2) is 31.5 Å². The molecule has 0 bridgehead atoms. The summed E-state index contributed by atoms with van der Waals surface area (Å²) in [5.41, 5.74) is 8.31. The van der Waals surface area contributed by atoms with E-state index in [1.165, 1.54) is 23.5 Å². The average Bonchev–Trinajstić information content (AvgIpc) is 3.49. The molecule has 0 atom stereocenters.